The fraction of sp³-hybridized carbons (Fsp3) is 0.167. The first-order valence-corrected chi connectivity index (χ1v) is 7.95. The summed E-state index contributed by atoms with van der Waals surface area (Å²) in [5, 5.41) is 9.88. The summed E-state index contributed by atoms with van der Waals surface area (Å²) in [6.45, 7) is 0.124. The molecule has 0 fully saturated rings. The van der Waals surface area contributed by atoms with Crippen LogP contribution in [0.2, 0.25) is 0 Å². The average Bonchev–Trinajstić information content (AvgIpc) is 2.61. The molecular formula is C18H14F5N3O2. The maximum absolute atomic E-state index is 14.4. The highest BCUT2D eigenvalue weighted by molar-refractivity contribution is 5.37. The lowest BCUT2D eigenvalue weighted by molar-refractivity contribution is -0.275. The van der Waals surface area contributed by atoms with Crippen molar-refractivity contribution in [2.24, 2.45) is 5.73 Å². The van der Waals surface area contributed by atoms with E-state index in [0.29, 0.717) is 0 Å². The van der Waals surface area contributed by atoms with Crippen molar-refractivity contribution in [1.82, 2.24) is 9.88 Å². The Morgan fingerprint density at radius 3 is 2.57 bits per heavy atom. The molecule has 5 nitrogen and oxygen atoms in total. The van der Waals surface area contributed by atoms with Crippen LogP contribution in [0.1, 0.15) is 17.3 Å². The molecule has 1 atom stereocenters. The zero-order valence-electron chi connectivity index (χ0n) is 14.1. The summed E-state index contributed by atoms with van der Waals surface area (Å²) in [4.78, 5) is 5.31. The van der Waals surface area contributed by atoms with Gasteiger partial charge in [0.1, 0.15) is 23.4 Å². The smallest absolute Gasteiger partial charge is 0.504 e. The van der Waals surface area contributed by atoms with Crippen LogP contribution in [-0.2, 0) is 0 Å². The number of alkyl halides is 3. The minimum Gasteiger partial charge on any atom is -0.504 e. The first-order valence-electron chi connectivity index (χ1n) is 7.95. The van der Waals surface area contributed by atoms with E-state index in [1.165, 1.54) is 29.3 Å². The predicted molar refractivity (Wildman–Crippen MR) is 88.8 cm³/mol. The van der Waals surface area contributed by atoms with Gasteiger partial charge in [-0.05, 0) is 35.9 Å². The minimum absolute atomic E-state index is 0.0654. The van der Waals surface area contributed by atoms with E-state index in [4.69, 9.17) is 5.73 Å². The largest absolute Gasteiger partial charge is 0.573 e. The number of halogens is 5. The van der Waals surface area contributed by atoms with Gasteiger partial charge >= 0.3 is 6.36 Å². The van der Waals surface area contributed by atoms with Crippen LogP contribution in [0.25, 0.3) is 0 Å². The molecular weight excluding hydrogens is 385 g/mol. The summed E-state index contributed by atoms with van der Waals surface area (Å²) in [7, 11) is 0. The number of hydrogen-bond donors (Lipinski definition) is 2. The SMILES string of the molecule is NC1=C(O)C=CCN1[C@@H](c1ccc(OC(F)(F)F)c(F)c1)c1ncccc1F. The zero-order valence-corrected chi connectivity index (χ0v) is 14.1. The number of nitrogens with zero attached hydrogens (tertiary/aromatic N) is 2. The fourth-order valence-corrected chi connectivity index (χ4v) is 2.83. The molecule has 2 heterocycles. The van der Waals surface area contributed by atoms with E-state index in [2.05, 4.69) is 9.72 Å². The Balaban J connectivity index is 2.09. The van der Waals surface area contributed by atoms with E-state index in [9.17, 15) is 27.1 Å². The molecule has 28 heavy (non-hydrogen) atoms. The number of allylic oxidation sites excluding steroid dienone is 1. The standard InChI is InChI=1S/C18H14F5N3O2/c19-11-3-1-7-25-15(11)16(26-8-2-4-13(27)17(26)24)10-5-6-14(12(20)9-10)28-18(21,22)23/h1-7,9,16,27H,8,24H2/t16-/m0/s1. The van der Waals surface area contributed by atoms with E-state index < -0.39 is 29.8 Å². The van der Waals surface area contributed by atoms with Crippen LogP contribution >= 0.6 is 0 Å². The molecule has 0 saturated carbocycles. The van der Waals surface area contributed by atoms with Crippen molar-refractivity contribution >= 4 is 0 Å². The van der Waals surface area contributed by atoms with Crippen molar-refractivity contribution in [2.45, 2.75) is 12.4 Å². The van der Waals surface area contributed by atoms with Crippen molar-refractivity contribution in [3.05, 3.63) is 83.2 Å². The molecule has 0 bridgehead atoms. The molecule has 3 N–H and O–H groups in total. The second kappa shape index (κ2) is 7.37. The van der Waals surface area contributed by atoms with Crippen LogP contribution in [0.4, 0.5) is 22.0 Å². The van der Waals surface area contributed by atoms with Gasteiger partial charge in [-0.15, -0.1) is 13.2 Å². The van der Waals surface area contributed by atoms with E-state index >= 15 is 0 Å². The van der Waals surface area contributed by atoms with Gasteiger partial charge < -0.3 is 20.5 Å². The average molecular weight is 399 g/mol. The highest BCUT2D eigenvalue weighted by atomic mass is 19.4. The lowest BCUT2D eigenvalue weighted by Gasteiger charge is -2.34. The molecule has 0 unspecified atom stereocenters. The number of pyridine rings is 1. The predicted octanol–water partition coefficient (Wildman–Crippen LogP) is 3.91. The van der Waals surface area contributed by atoms with E-state index in [0.717, 1.165) is 24.3 Å². The van der Waals surface area contributed by atoms with Gasteiger partial charge in [0.15, 0.2) is 17.3 Å². The fourth-order valence-electron chi connectivity index (χ4n) is 2.83. The molecule has 10 heteroatoms. The molecule has 0 radical (unpaired) electrons. The quantitative estimate of drug-likeness (QED) is 0.763. The number of aromatic nitrogens is 1. The molecule has 0 saturated heterocycles. The lowest BCUT2D eigenvalue weighted by atomic mass is 9.99. The van der Waals surface area contributed by atoms with Crippen molar-refractivity contribution in [2.75, 3.05) is 6.54 Å². The molecule has 1 aliphatic rings. The summed E-state index contributed by atoms with van der Waals surface area (Å²) in [6.07, 6.45) is -0.872. The molecule has 3 rings (SSSR count). The van der Waals surface area contributed by atoms with Crippen molar-refractivity contribution in [3.63, 3.8) is 0 Å². The van der Waals surface area contributed by atoms with Crippen LogP contribution in [-0.4, -0.2) is 27.9 Å². The molecule has 0 aliphatic carbocycles. The third kappa shape index (κ3) is 4.00. The monoisotopic (exact) mass is 399 g/mol. The lowest BCUT2D eigenvalue weighted by Crippen LogP contribution is -2.36. The third-order valence-electron chi connectivity index (χ3n) is 4.00. The Bertz CT molecular complexity index is 943. The van der Waals surface area contributed by atoms with Gasteiger partial charge in [0, 0.05) is 12.7 Å². The number of rotatable bonds is 4. The first kappa shape index (κ1) is 19.5. The number of nitrogens with two attached hydrogens (primary N) is 1. The second-order valence-electron chi connectivity index (χ2n) is 5.84. The van der Waals surface area contributed by atoms with Gasteiger partial charge in [-0.3, -0.25) is 4.98 Å². The van der Waals surface area contributed by atoms with Crippen molar-refractivity contribution in [3.8, 4) is 5.75 Å². The number of benzene rings is 1. The molecule has 1 aromatic heterocycles. The first-order chi connectivity index (χ1) is 13.2. The van der Waals surface area contributed by atoms with Crippen LogP contribution < -0.4 is 10.5 Å². The molecule has 148 valence electrons. The second-order valence-corrected chi connectivity index (χ2v) is 5.84. The maximum Gasteiger partial charge on any atom is 0.573 e. The summed E-state index contributed by atoms with van der Waals surface area (Å²) in [5.41, 5.74) is 5.81. The Labute approximate surface area is 156 Å². The van der Waals surface area contributed by atoms with Crippen LogP contribution in [0, 0.1) is 11.6 Å². The van der Waals surface area contributed by atoms with Gasteiger partial charge in [-0.1, -0.05) is 12.1 Å². The highest BCUT2D eigenvalue weighted by Crippen LogP contribution is 2.35. The van der Waals surface area contributed by atoms with Gasteiger partial charge in [-0.25, -0.2) is 8.78 Å². The van der Waals surface area contributed by atoms with Crippen LogP contribution in [0.5, 0.6) is 5.75 Å². The number of hydrogen-bond acceptors (Lipinski definition) is 5. The Morgan fingerprint density at radius 2 is 1.93 bits per heavy atom. The molecule has 2 aromatic rings. The molecule has 0 amide bonds. The van der Waals surface area contributed by atoms with Crippen LogP contribution in [0.15, 0.2) is 60.3 Å². The summed E-state index contributed by atoms with van der Waals surface area (Å²) in [5.74, 6) is -3.46. The summed E-state index contributed by atoms with van der Waals surface area (Å²) in [6, 6.07) is 4.08. The minimum atomic E-state index is -5.06. The highest BCUT2D eigenvalue weighted by Gasteiger charge is 2.34. The molecule has 1 aliphatic heterocycles. The van der Waals surface area contributed by atoms with Crippen molar-refractivity contribution in [1.29, 1.82) is 0 Å². The van der Waals surface area contributed by atoms with Gasteiger partial charge in [0.05, 0.1) is 0 Å². The van der Waals surface area contributed by atoms with E-state index in [1.54, 1.807) is 0 Å². The van der Waals surface area contributed by atoms with Crippen LogP contribution in [0.3, 0.4) is 0 Å². The van der Waals surface area contributed by atoms with Crippen molar-refractivity contribution < 1.29 is 31.8 Å². The third-order valence-corrected chi connectivity index (χ3v) is 4.00. The summed E-state index contributed by atoms with van der Waals surface area (Å²) >= 11 is 0. The topological polar surface area (TPSA) is 71.6 Å². The van der Waals surface area contributed by atoms with E-state index in [1.807, 2.05) is 0 Å². The zero-order chi connectivity index (χ0) is 20.5. The normalized spacial score (nSPS) is 15.7. The number of aliphatic hydroxyl groups is 1. The van der Waals surface area contributed by atoms with Gasteiger partial charge in [-0.2, -0.15) is 0 Å². The Kier molecular flexibility index (Phi) is 5.12. The maximum atomic E-state index is 14.4. The summed E-state index contributed by atoms with van der Waals surface area (Å²) < 4.78 is 69.4. The van der Waals surface area contributed by atoms with Gasteiger partial charge in [0.2, 0.25) is 0 Å². The molecule has 0 spiro atoms. The number of ether oxygens (including phenoxy) is 1. The van der Waals surface area contributed by atoms with Gasteiger partial charge in [0.25, 0.3) is 0 Å². The Morgan fingerprint density at radius 1 is 1.18 bits per heavy atom. The Hall–Kier alpha value is -3.30. The molecule has 1 aromatic carbocycles. The van der Waals surface area contributed by atoms with E-state index in [-0.39, 0.29) is 29.4 Å². The number of aliphatic hydroxyl groups excluding tert-OH is 1.